The summed E-state index contributed by atoms with van der Waals surface area (Å²) in [5.41, 5.74) is 0. The first-order valence-corrected chi connectivity index (χ1v) is 7.69. The van der Waals surface area contributed by atoms with Crippen LogP contribution in [0.4, 0.5) is 0 Å². The summed E-state index contributed by atoms with van der Waals surface area (Å²) in [6, 6.07) is 1.60. The zero-order valence-corrected chi connectivity index (χ0v) is 11.8. The first kappa shape index (κ1) is 13.4. The Morgan fingerprint density at radius 1 is 1.06 bits per heavy atom. The lowest BCUT2D eigenvalue weighted by molar-refractivity contribution is 0.175. The maximum absolute atomic E-state index is 3.69. The van der Waals surface area contributed by atoms with Crippen LogP contribution in [0.3, 0.4) is 0 Å². The van der Waals surface area contributed by atoms with E-state index < -0.39 is 0 Å². The number of nitrogens with zero attached hydrogens (tertiary/aromatic N) is 1. The summed E-state index contributed by atoms with van der Waals surface area (Å²) in [7, 11) is 2.34. The molecule has 2 rings (SSSR count). The monoisotopic (exact) mass is 238 g/mol. The largest absolute Gasteiger partial charge is 0.313 e. The van der Waals surface area contributed by atoms with Crippen molar-refractivity contribution in [3.63, 3.8) is 0 Å². The average molecular weight is 238 g/mol. The Morgan fingerprint density at radius 2 is 1.76 bits per heavy atom. The number of hydrogen-bond donors (Lipinski definition) is 1. The zero-order chi connectivity index (χ0) is 12.1. The highest BCUT2D eigenvalue weighted by Gasteiger charge is 2.23. The molecule has 2 heteroatoms. The average Bonchev–Trinajstić information content (AvgIpc) is 2.57. The van der Waals surface area contributed by atoms with E-state index in [0.717, 1.165) is 18.0 Å². The van der Waals surface area contributed by atoms with Crippen molar-refractivity contribution in [1.29, 1.82) is 0 Å². The van der Waals surface area contributed by atoms with Gasteiger partial charge in [-0.3, -0.25) is 0 Å². The van der Waals surface area contributed by atoms with Crippen LogP contribution in [0.1, 0.15) is 58.3 Å². The maximum atomic E-state index is 3.69. The fraction of sp³-hybridized carbons (Fsp3) is 1.00. The lowest BCUT2D eigenvalue weighted by Crippen LogP contribution is -2.47. The first-order valence-electron chi connectivity index (χ1n) is 7.69. The second-order valence-corrected chi connectivity index (χ2v) is 6.37. The van der Waals surface area contributed by atoms with Crippen molar-refractivity contribution in [2.24, 2.45) is 5.92 Å². The molecule has 1 saturated heterocycles. The van der Waals surface area contributed by atoms with Crippen LogP contribution in [0.2, 0.25) is 0 Å². The fourth-order valence-electron chi connectivity index (χ4n) is 3.56. The van der Waals surface area contributed by atoms with E-state index in [9.17, 15) is 0 Å². The molecule has 0 amide bonds. The number of likely N-dealkylation sites (N-methyl/N-ethyl adjacent to an activating group) is 1. The summed E-state index contributed by atoms with van der Waals surface area (Å²) in [6.07, 6.45) is 11.4. The normalized spacial score (nSPS) is 32.6. The van der Waals surface area contributed by atoms with Gasteiger partial charge in [0.2, 0.25) is 0 Å². The molecule has 1 aliphatic carbocycles. The zero-order valence-electron chi connectivity index (χ0n) is 11.8. The van der Waals surface area contributed by atoms with Crippen molar-refractivity contribution in [2.75, 3.05) is 20.1 Å². The molecule has 0 aromatic carbocycles. The fourth-order valence-corrected chi connectivity index (χ4v) is 3.56. The molecule has 1 aliphatic heterocycles. The van der Waals surface area contributed by atoms with Crippen molar-refractivity contribution in [1.82, 2.24) is 10.2 Å². The van der Waals surface area contributed by atoms with Gasteiger partial charge in [0.15, 0.2) is 0 Å². The van der Waals surface area contributed by atoms with E-state index in [2.05, 4.69) is 24.2 Å². The van der Waals surface area contributed by atoms with Crippen LogP contribution in [0.15, 0.2) is 0 Å². The van der Waals surface area contributed by atoms with Crippen LogP contribution < -0.4 is 5.32 Å². The molecular weight excluding hydrogens is 208 g/mol. The van der Waals surface area contributed by atoms with Gasteiger partial charge in [0.1, 0.15) is 0 Å². The molecular formula is C15H30N2. The van der Waals surface area contributed by atoms with Crippen molar-refractivity contribution < 1.29 is 0 Å². The van der Waals surface area contributed by atoms with Crippen LogP contribution in [0.25, 0.3) is 0 Å². The van der Waals surface area contributed by atoms with Crippen molar-refractivity contribution >= 4 is 0 Å². The summed E-state index contributed by atoms with van der Waals surface area (Å²) in [6.45, 7) is 4.89. The second-order valence-electron chi connectivity index (χ2n) is 6.37. The molecule has 2 nitrogen and oxygen atoms in total. The summed E-state index contributed by atoms with van der Waals surface area (Å²) in [4.78, 5) is 2.64. The molecule has 0 bridgehead atoms. The number of hydrogen-bond acceptors (Lipinski definition) is 2. The minimum atomic E-state index is 0.743. The van der Waals surface area contributed by atoms with Crippen molar-refractivity contribution in [3.8, 4) is 0 Å². The Bertz CT molecular complexity index is 209. The van der Waals surface area contributed by atoms with Gasteiger partial charge in [0.25, 0.3) is 0 Å². The Balaban J connectivity index is 1.76. The van der Waals surface area contributed by atoms with Crippen LogP contribution in [0, 0.1) is 5.92 Å². The Hall–Kier alpha value is -0.0800. The van der Waals surface area contributed by atoms with Gasteiger partial charge in [-0.15, -0.1) is 0 Å². The van der Waals surface area contributed by atoms with Crippen LogP contribution >= 0.6 is 0 Å². The third-order valence-electron chi connectivity index (χ3n) is 4.71. The number of rotatable bonds is 3. The van der Waals surface area contributed by atoms with E-state index in [0.29, 0.717) is 0 Å². The number of nitrogens with one attached hydrogen (secondary N) is 1. The molecule has 17 heavy (non-hydrogen) atoms. The van der Waals surface area contributed by atoms with Gasteiger partial charge in [-0.05, 0) is 45.2 Å². The molecule has 0 radical (unpaired) electrons. The topological polar surface area (TPSA) is 15.3 Å². The van der Waals surface area contributed by atoms with E-state index in [-0.39, 0.29) is 0 Å². The molecule has 2 unspecified atom stereocenters. The predicted octanol–water partition coefficient (Wildman–Crippen LogP) is 3.03. The quantitative estimate of drug-likeness (QED) is 0.760. The summed E-state index contributed by atoms with van der Waals surface area (Å²) < 4.78 is 0. The van der Waals surface area contributed by atoms with E-state index in [4.69, 9.17) is 0 Å². The highest BCUT2D eigenvalue weighted by atomic mass is 15.2. The minimum Gasteiger partial charge on any atom is -0.313 e. The van der Waals surface area contributed by atoms with E-state index in [1.54, 1.807) is 0 Å². The smallest absolute Gasteiger partial charge is 0.0197 e. The van der Waals surface area contributed by atoms with Crippen molar-refractivity contribution in [3.05, 3.63) is 0 Å². The van der Waals surface area contributed by atoms with Gasteiger partial charge in [0, 0.05) is 18.6 Å². The molecule has 1 heterocycles. The van der Waals surface area contributed by atoms with E-state index in [1.807, 2.05) is 0 Å². The SMILES string of the molecule is CC1CCNC(CN(C)C2CCCCCC2)C1. The molecule has 0 aromatic rings. The molecule has 0 aromatic heterocycles. The van der Waals surface area contributed by atoms with Crippen LogP contribution in [-0.2, 0) is 0 Å². The molecule has 1 N–H and O–H groups in total. The molecule has 2 atom stereocenters. The summed E-state index contributed by atoms with van der Waals surface area (Å²) in [5.74, 6) is 0.920. The maximum Gasteiger partial charge on any atom is 0.0197 e. The second kappa shape index (κ2) is 6.75. The van der Waals surface area contributed by atoms with Gasteiger partial charge in [0.05, 0.1) is 0 Å². The molecule has 0 spiro atoms. The Kier molecular flexibility index (Phi) is 5.30. The third kappa shape index (κ3) is 4.26. The van der Waals surface area contributed by atoms with Gasteiger partial charge in [-0.1, -0.05) is 32.6 Å². The molecule has 100 valence electrons. The Morgan fingerprint density at radius 3 is 2.41 bits per heavy atom. The lowest BCUT2D eigenvalue weighted by atomic mass is 9.93. The number of piperidine rings is 1. The molecule has 2 fully saturated rings. The van der Waals surface area contributed by atoms with Gasteiger partial charge < -0.3 is 10.2 Å². The van der Waals surface area contributed by atoms with Gasteiger partial charge in [-0.2, -0.15) is 0 Å². The first-order chi connectivity index (χ1) is 8.25. The Labute approximate surface area is 107 Å². The third-order valence-corrected chi connectivity index (χ3v) is 4.71. The van der Waals surface area contributed by atoms with Gasteiger partial charge >= 0.3 is 0 Å². The highest BCUT2D eigenvalue weighted by Crippen LogP contribution is 2.22. The molecule has 1 saturated carbocycles. The van der Waals surface area contributed by atoms with Gasteiger partial charge in [-0.25, -0.2) is 0 Å². The highest BCUT2D eigenvalue weighted by molar-refractivity contribution is 4.81. The summed E-state index contributed by atoms with van der Waals surface area (Å²) >= 11 is 0. The van der Waals surface area contributed by atoms with E-state index >= 15 is 0 Å². The standard InChI is InChI=1S/C15H30N2/c1-13-9-10-16-14(11-13)12-17(2)15-7-5-3-4-6-8-15/h13-16H,3-12H2,1-2H3. The van der Waals surface area contributed by atoms with Crippen LogP contribution in [0.5, 0.6) is 0 Å². The van der Waals surface area contributed by atoms with E-state index in [1.165, 1.54) is 64.5 Å². The van der Waals surface area contributed by atoms with Crippen molar-refractivity contribution in [2.45, 2.75) is 70.4 Å². The van der Waals surface area contributed by atoms with Crippen LogP contribution in [-0.4, -0.2) is 37.1 Å². The predicted molar refractivity (Wildman–Crippen MR) is 74.3 cm³/mol. The lowest BCUT2D eigenvalue weighted by Gasteiger charge is -2.35. The molecule has 2 aliphatic rings. The summed E-state index contributed by atoms with van der Waals surface area (Å²) in [5, 5.41) is 3.69. The minimum absolute atomic E-state index is 0.743.